The van der Waals surface area contributed by atoms with E-state index >= 15 is 0 Å². The Balaban J connectivity index is 1.35. The summed E-state index contributed by atoms with van der Waals surface area (Å²) < 4.78 is 5.60. The molecule has 0 saturated carbocycles. The first-order valence-electron chi connectivity index (χ1n) is 10.3. The van der Waals surface area contributed by atoms with Crippen LogP contribution in [0.25, 0.3) is 10.9 Å². The predicted molar refractivity (Wildman–Crippen MR) is 107 cm³/mol. The fourth-order valence-electron chi connectivity index (χ4n) is 4.20. The summed E-state index contributed by atoms with van der Waals surface area (Å²) in [6.07, 6.45) is 5.99. The molecule has 0 aliphatic carbocycles. The Bertz CT molecular complexity index is 875. The number of ether oxygens (including phenoxy) is 1. The first-order chi connectivity index (χ1) is 13.7. The maximum absolute atomic E-state index is 12.2. The van der Waals surface area contributed by atoms with Gasteiger partial charge in [-0.3, -0.25) is 9.69 Å². The maximum Gasteiger partial charge on any atom is 0.409 e. The number of hydrogen-bond donors (Lipinski definition) is 1. The first kappa shape index (κ1) is 18.9. The lowest BCUT2D eigenvalue weighted by molar-refractivity contribution is 0.0534. The van der Waals surface area contributed by atoms with Gasteiger partial charge in [0.15, 0.2) is 0 Å². The van der Waals surface area contributed by atoms with E-state index in [0.29, 0.717) is 24.2 Å². The van der Waals surface area contributed by atoms with Crippen LogP contribution in [0.3, 0.4) is 0 Å². The van der Waals surface area contributed by atoms with Crippen LogP contribution in [-0.4, -0.2) is 64.7 Å². The zero-order valence-electron chi connectivity index (χ0n) is 16.2. The van der Waals surface area contributed by atoms with E-state index in [1.165, 1.54) is 0 Å². The number of carbonyl (C=O) groups excluding carboxylic acids is 1. The van der Waals surface area contributed by atoms with Crippen LogP contribution in [0.15, 0.2) is 29.1 Å². The molecule has 2 aliphatic rings. The molecule has 1 N–H and O–H groups in total. The van der Waals surface area contributed by atoms with Crippen molar-refractivity contribution in [1.29, 1.82) is 0 Å². The molecule has 2 saturated heterocycles. The number of carbonyl (C=O) groups is 1. The molecular formula is C21H28N4O3. The van der Waals surface area contributed by atoms with Crippen molar-refractivity contribution < 1.29 is 9.53 Å². The molecule has 1 amide bonds. The lowest BCUT2D eigenvalue weighted by atomic mass is 10.0. The topological polar surface area (TPSA) is 78.5 Å². The number of hydrogen-bond acceptors (Lipinski definition) is 5. The lowest BCUT2D eigenvalue weighted by Gasteiger charge is -2.35. The van der Waals surface area contributed by atoms with E-state index < -0.39 is 0 Å². The standard InChI is InChI=1S/C21H28N4O3/c26-20-17-8-1-2-9-18(17)22-19(23-20)10-14-24-11-4-3-7-16(24)15-28-21(27)25-12-5-6-13-25/h1-2,8-9,16H,3-7,10-15H2,(H,22,23,26). The van der Waals surface area contributed by atoms with Gasteiger partial charge in [0, 0.05) is 32.1 Å². The highest BCUT2D eigenvalue weighted by Crippen LogP contribution is 2.19. The third-order valence-electron chi connectivity index (χ3n) is 5.81. The summed E-state index contributed by atoms with van der Waals surface area (Å²) in [4.78, 5) is 36.1. The van der Waals surface area contributed by atoms with Crippen molar-refractivity contribution >= 4 is 17.0 Å². The van der Waals surface area contributed by atoms with Crippen LogP contribution in [0, 0.1) is 0 Å². The highest BCUT2D eigenvalue weighted by molar-refractivity contribution is 5.77. The monoisotopic (exact) mass is 384 g/mol. The highest BCUT2D eigenvalue weighted by atomic mass is 16.6. The molecule has 28 heavy (non-hydrogen) atoms. The van der Waals surface area contributed by atoms with Gasteiger partial charge in [-0.15, -0.1) is 0 Å². The second-order valence-electron chi connectivity index (χ2n) is 7.74. The third kappa shape index (κ3) is 4.35. The van der Waals surface area contributed by atoms with Gasteiger partial charge in [0.1, 0.15) is 12.4 Å². The summed E-state index contributed by atoms with van der Waals surface area (Å²) >= 11 is 0. The fraction of sp³-hybridized carbons (Fsp3) is 0.571. The smallest absolute Gasteiger partial charge is 0.409 e. The van der Waals surface area contributed by atoms with Gasteiger partial charge in [-0.1, -0.05) is 18.6 Å². The number of aromatic nitrogens is 2. The van der Waals surface area contributed by atoms with Gasteiger partial charge in [0.25, 0.3) is 5.56 Å². The third-order valence-corrected chi connectivity index (χ3v) is 5.81. The van der Waals surface area contributed by atoms with Gasteiger partial charge >= 0.3 is 6.09 Å². The average Bonchev–Trinajstić information content (AvgIpc) is 3.26. The van der Waals surface area contributed by atoms with Gasteiger partial charge < -0.3 is 14.6 Å². The summed E-state index contributed by atoms with van der Waals surface area (Å²) in [5.74, 6) is 0.710. The molecule has 1 aromatic heterocycles. The number of nitrogens with one attached hydrogen (secondary N) is 1. The summed E-state index contributed by atoms with van der Waals surface area (Å²) in [5.41, 5.74) is 0.645. The normalized spacial score (nSPS) is 20.6. The van der Waals surface area contributed by atoms with E-state index in [1.807, 2.05) is 18.2 Å². The van der Waals surface area contributed by atoms with E-state index in [1.54, 1.807) is 11.0 Å². The SMILES string of the molecule is O=C(OCC1CCCCN1CCc1nc2ccccc2c(=O)[nH]1)N1CCCC1. The number of fused-ring (bicyclic) bond motifs is 1. The fourth-order valence-corrected chi connectivity index (χ4v) is 4.20. The molecule has 2 aliphatic heterocycles. The molecule has 0 spiro atoms. The van der Waals surface area contributed by atoms with Crippen LogP contribution in [0.2, 0.25) is 0 Å². The number of aromatic amines is 1. The maximum atomic E-state index is 12.2. The molecular weight excluding hydrogens is 356 g/mol. The minimum atomic E-state index is -0.177. The first-order valence-corrected chi connectivity index (χ1v) is 10.3. The van der Waals surface area contributed by atoms with Gasteiger partial charge in [-0.2, -0.15) is 0 Å². The summed E-state index contributed by atoms with van der Waals surface area (Å²) in [6, 6.07) is 7.65. The number of benzene rings is 1. The summed E-state index contributed by atoms with van der Waals surface area (Å²) in [5, 5.41) is 0.621. The Kier molecular flexibility index (Phi) is 5.90. The van der Waals surface area contributed by atoms with Crippen molar-refractivity contribution in [2.24, 2.45) is 0 Å². The number of likely N-dealkylation sites (tertiary alicyclic amines) is 2. The van der Waals surface area contributed by atoms with Crippen molar-refractivity contribution in [3.05, 3.63) is 40.4 Å². The molecule has 4 rings (SSSR count). The molecule has 0 radical (unpaired) electrons. The van der Waals surface area contributed by atoms with Crippen molar-refractivity contribution in [1.82, 2.24) is 19.8 Å². The van der Waals surface area contributed by atoms with Gasteiger partial charge in [-0.25, -0.2) is 9.78 Å². The van der Waals surface area contributed by atoms with Crippen LogP contribution < -0.4 is 5.56 Å². The average molecular weight is 384 g/mol. The molecule has 2 aromatic rings. The van der Waals surface area contributed by atoms with Crippen molar-refractivity contribution in [3.63, 3.8) is 0 Å². The van der Waals surface area contributed by atoms with E-state index in [2.05, 4.69) is 14.9 Å². The highest BCUT2D eigenvalue weighted by Gasteiger charge is 2.26. The number of rotatable bonds is 5. The summed E-state index contributed by atoms with van der Waals surface area (Å²) in [6.45, 7) is 3.86. The lowest BCUT2D eigenvalue weighted by Crippen LogP contribution is -2.44. The molecule has 1 unspecified atom stereocenters. The molecule has 1 aromatic carbocycles. The van der Waals surface area contributed by atoms with Gasteiger partial charge in [0.2, 0.25) is 0 Å². The van der Waals surface area contributed by atoms with Crippen molar-refractivity contribution in [2.75, 3.05) is 32.8 Å². The number of H-pyrrole nitrogens is 1. The number of amides is 1. The van der Waals surface area contributed by atoms with E-state index in [4.69, 9.17) is 4.74 Å². The van der Waals surface area contributed by atoms with Crippen molar-refractivity contribution in [2.45, 2.75) is 44.6 Å². The van der Waals surface area contributed by atoms with Crippen LogP contribution in [0.4, 0.5) is 4.79 Å². The number of nitrogens with zero attached hydrogens (tertiary/aromatic N) is 3. The Morgan fingerprint density at radius 2 is 1.93 bits per heavy atom. The van der Waals surface area contributed by atoms with E-state index in [9.17, 15) is 9.59 Å². The summed E-state index contributed by atoms with van der Waals surface area (Å²) in [7, 11) is 0. The molecule has 1 atom stereocenters. The van der Waals surface area contributed by atoms with Gasteiger partial charge in [-0.05, 0) is 44.4 Å². The second kappa shape index (κ2) is 8.73. The molecule has 150 valence electrons. The van der Waals surface area contributed by atoms with Crippen LogP contribution >= 0.6 is 0 Å². The number of piperidine rings is 1. The van der Waals surface area contributed by atoms with E-state index in [0.717, 1.165) is 63.8 Å². The van der Waals surface area contributed by atoms with Crippen LogP contribution in [0.5, 0.6) is 0 Å². The largest absolute Gasteiger partial charge is 0.448 e. The minimum Gasteiger partial charge on any atom is -0.448 e. The van der Waals surface area contributed by atoms with Gasteiger partial charge in [0.05, 0.1) is 10.9 Å². The molecule has 2 fully saturated rings. The Morgan fingerprint density at radius 1 is 1.14 bits per heavy atom. The Labute approximate surface area is 164 Å². The molecule has 0 bridgehead atoms. The zero-order valence-corrected chi connectivity index (χ0v) is 16.2. The van der Waals surface area contributed by atoms with Crippen LogP contribution in [0.1, 0.15) is 37.9 Å². The quantitative estimate of drug-likeness (QED) is 0.857. The van der Waals surface area contributed by atoms with Crippen molar-refractivity contribution in [3.8, 4) is 0 Å². The van der Waals surface area contributed by atoms with E-state index in [-0.39, 0.29) is 17.7 Å². The minimum absolute atomic E-state index is 0.0877. The second-order valence-corrected chi connectivity index (χ2v) is 7.74. The van der Waals surface area contributed by atoms with Crippen LogP contribution in [-0.2, 0) is 11.2 Å². The number of para-hydroxylation sites is 1. The molecule has 3 heterocycles. The Hall–Kier alpha value is -2.41. The zero-order chi connectivity index (χ0) is 19.3. The predicted octanol–water partition coefficient (Wildman–Crippen LogP) is 2.55. The molecule has 7 heteroatoms. The molecule has 7 nitrogen and oxygen atoms in total. The Morgan fingerprint density at radius 3 is 2.79 bits per heavy atom.